The Morgan fingerprint density at radius 3 is 2.86 bits per heavy atom. The molecule has 0 amide bonds. The maximum absolute atomic E-state index is 5.58. The summed E-state index contributed by atoms with van der Waals surface area (Å²) in [6, 6.07) is 3.93. The van der Waals surface area contributed by atoms with Crippen LogP contribution in [-0.2, 0) is 18.7 Å². The molecule has 28 heavy (non-hydrogen) atoms. The van der Waals surface area contributed by atoms with Gasteiger partial charge in [-0.3, -0.25) is 4.57 Å². The van der Waals surface area contributed by atoms with Gasteiger partial charge in [0.05, 0.1) is 23.5 Å². The van der Waals surface area contributed by atoms with Crippen LogP contribution in [0.4, 0.5) is 5.95 Å². The van der Waals surface area contributed by atoms with Gasteiger partial charge in [-0.1, -0.05) is 25.6 Å². The van der Waals surface area contributed by atoms with Gasteiger partial charge < -0.3 is 9.32 Å². The Kier molecular flexibility index (Phi) is 6.36. The van der Waals surface area contributed by atoms with Gasteiger partial charge >= 0.3 is 0 Å². The van der Waals surface area contributed by atoms with E-state index < -0.39 is 0 Å². The molecule has 3 aromatic heterocycles. The molecule has 3 aromatic rings. The number of furan rings is 1. The molecule has 0 aliphatic carbocycles. The predicted molar refractivity (Wildman–Crippen MR) is 114 cm³/mol. The summed E-state index contributed by atoms with van der Waals surface area (Å²) >= 11 is 3.47. The van der Waals surface area contributed by atoms with Crippen LogP contribution in [0.3, 0.4) is 0 Å². The summed E-state index contributed by atoms with van der Waals surface area (Å²) in [5, 5.41) is 13.3. The first-order valence-electron chi connectivity index (χ1n) is 9.95. The molecule has 1 saturated heterocycles. The largest absolute Gasteiger partial charge is 0.467 e. The van der Waals surface area contributed by atoms with Crippen LogP contribution in [0.25, 0.3) is 0 Å². The topological polar surface area (TPSA) is 60.0 Å². The van der Waals surface area contributed by atoms with E-state index in [1.54, 1.807) is 29.4 Å². The van der Waals surface area contributed by atoms with E-state index in [9.17, 15) is 0 Å². The van der Waals surface area contributed by atoms with E-state index in [-0.39, 0.29) is 0 Å². The number of rotatable bonds is 9. The molecule has 4 rings (SSSR count). The minimum atomic E-state index is 0.658. The Bertz CT molecular complexity index is 865. The van der Waals surface area contributed by atoms with Crippen molar-refractivity contribution in [1.29, 1.82) is 0 Å². The highest BCUT2D eigenvalue weighted by atomic mass is 32.2. The monoisotopic (exact) mass is 417 g/mol. The van der Waals surface area contributed by atoms with Gasteiger partial charge in [-0.05, 0) is 43.7 Å². The molecule has 0 aromatic carbocycles. The van der Waals surface area contributed by atoms with Crippen LogP contribution in [0.5, 0.6) is 0 Å². The Balaban J connectivity index is 1.46. The summed E-state index contributed by atoms with van der Waals surface area (Å²) in [4.78, 5) is 7.12. The smallest absolute Gasteiger partial charge is 0.228 e. The number of nitrogens with zero attached hydrogens (tertiary/aromatic N) is 5. The van der Waals surface area contributed by atoms with E-state index >= 15 is 0 Å². The lowest BCUT2D eigenvalue weighted by Gasteiger charge is -2.17. The summed E-state index contributed by atoms with van der Waals surface area (Å²) < 4.78 is 7.76. The third-order valence-corrected chi connectivity index (χ3v) is 6.82. The summed E-state index contributed by atoms with van der Waals surface area (Å²) in [5.74, 6) is 3.40. The quantitative estimate of drug-likeness (QED) is 0.464. The predicted octanol–water partition coefficient (Wildman–Crippen LogP) is 4.86. The van der Waals surface area contributed by atoms with Gasteiger partial charge in [0.2, 0.25) is 5.95 Å². The van der Waals surface area contributed by atoms with E-state index in [0.717, 1.165) is 47.8 Å². The van der Waals surface area contributed by atoms with Crippen LogP contribution in [0, 0.1) is 5.92 Å². The van der Waals surface area contributed by atoms with Gasteiger partial charge in [-0.25, -0.2) is 4.98 Å². The van der Waals surface area contributed by atoms with Gasteiger partial charge in [-0.15, -0.1) is 21.5 Å². The van der Waals surface area contributed by atoms with Crippen molar-refractivity contribution in [3.63, 3.8) is 0 Å². The Hall–Kier alpha value is -1.80. The number of aryl methyl sites for hydroxylation is 1. The van der Waals surface area contributed by atoms with Crippen molar-refractivity contribution in [2.75, 3.05) is 18.0 Å². The Morgan fingerprint density at radius 1 is 1.25 bits per heavy atom. The minimum Gasteiger partial charge on any atom is -0.467 e. The van der Waals surface area contributed by atoms with Crippen LogP contribution >= 0.6 is 23.1 Å². The van der Waals surface area contributed by atoms with Crippen molar-refractivity contribution >= 4 is 29.0 Å². The molecule has 1 aliphatic heterocycles. The van der Waals surface area contributed by atoms with Gasteiger partial charge in [0.1, 0.15) is 5.76 Å². The lowest BCUT2D eigenvalue weighted by atomic mass is 10.1. The summed E-state index contributed by atoms with van der Waals surface area (Å²) in [6.07, 6.45) is 6.41. The number of hydrogen-bond donors (Lipinski definition) is 0. The summed E-state index contributed by atoms with van der Waals surface area (Å²) in [6.45, 7) is 7.27. The fourth-order valence-corrected chi connectivity index (χ4v) is 5.06. The van der Waals surface area contributed by atoms with Gasteiger partial charge in [-0.2, -0.15) is 0 Å². The lowest BCUT2D eigenvalue weighted by molar-refractivity contribution is 0.483. The van der Waals surface area contributed by atoms with Crippen molar-refractivity contribution in [1.82, 2.24) is 19.7 Å². The minimum absolute atomic E-state index is 0.658. The SMILES string of the molecule is CC(C)CCc1nc(CSc2nnc(N3CCCC3)n2Cc2ccco2)cs1. The summed E-state index contributed by atoms with van der Waals surface area (Å²) in [5.41, 5.74) is 1.13. The first kappa shape index (κ1) is 19.5. The molecular weight excluding hydrogens is 390 g/mol. The standard InChI is InChI=1S/C20H27N5OS2/c1-15(2)7-8-18-21-16(13-27-18)14-28-20-23-22-19(24-9-3-4-10-24)25(20)12-17-6-5-11-26-17/h5-6,11,13,15H,3-4,7-10,12,14H2,1-2H3. The van der Waals surface area contributed by atoms with Crippen LogP contribution in [-0.4, -0.2) is 32.8 Å². The van der Waals surface area contributed by atoms with E-state index in [0.29, 0.717) is 12.5 Å². The highest BCUT2D eigenvalue weighted by Gasteiger charge is 2.22. The Morgan fingerprint density at radius 2 is 2.11 bits per heavy atom. The third-order valence-electron chi connectivity index (χ3n) is 4.86. The zero-order valence-electron chi connectivity index (χ0n) is 16.5. The van der Waals surface area contributed by atoms with Crippen LogP contribution in [0.15, 0.2) is 33.3 Å². The molecule has 0 unspecified atom stereocenters. The van der Waals surface area contributed by atoms with Crippen molar-refractivity contribution in [2.45, 2.75) is 57.0 Å². The van der Waals surface area contributed by atoms with Gasteiger partial charge in [0.15, 0.2) is 5.16 Å². The van der Waals surface area contributed by atoms with Crippen LogP contribution in [0.2, 0.25) is 0 Å². The molecular formula is C20H27N5OS2. The normalized spacial score (nSPS) is 14.5. The van der Waals surface area contributed by atoms with E-state index in [4.69, 9.17) is 9.40 Å². The molecule has 0 spiro atoms. The fourth-order valence-electron chi connectivity index (χ4n) is 3.32. The number of anilines is 1. The zero-order valence-corrected chi connectivity index (χ0v) is 18.1. The Labute approximate surface area is 174 Å². The van der Waals surface area contributed by atoms with Crippen LogP contribution in [0.1, 0.15) is 49.6 Å². The molecule has 0 saturated carbocycles. The third kappa shape index (κ3) is 4.78. The molecule has 0 radical (unpaired) electrons. The van der Waals surface area contributed by atoms with E-state index in [2.05, 4.69) is 38.9 Å². The molecule has 4 heterocycles. The highest BCUT2D eigenvalue weighted by Crippen LogP contribution is 2.28. The number of thiazole rings is 1. The number of thioether (sulfide) groups is 1. The fraction of sp³-hybridized carbons (Fsp3) is 0.550. The molecule has 150 valence electrons. The van der Waals surface area contributed by atoms with Crippen molar-refractivity contribution in [2.24, 2.45) is 5.92 Å². The first-order valence-corrected chi connectivity index (χ1v) is 11.8. The second-order valence-electron chi connectivity index (χ2n) is 7.60. The highest BCUT2D eigenvalue weighted by molar-refractivity contribution is 7.98. The zero-order chi connectivity index (χ0) is 19.3. The molecule has 0 N–H and O–H groups in total. The van der Waals surface area contributed by atoms with Gasteiger partial charge in [0, 0.05) is 24.2 Å². The summed E-state index contributed by atoms with van der Waals surface area (Å²) in [7, 11) is 0. The molecule has 6 nitrogen and oxygen atoms in total. The molecule has 0 bridgehead atoms. The van der Waals surface area contributed by atoms with Crippen molar-refractivity contribution in [3.05, 3.63) is 40.2 Å². The van der Waals surface area contributed by atoms with Crippen molar-refractivity contribution < 1.29 is 4.42 Å². The number of aromatic nitrogens is 4. The molecule has 1 aliphatic rings. The second-order valence-corrected chi connectivity index (χ2v) is 9.48. The first-order chi connectivity index (χ1) is 13.7. The average molecular weight is 418 g/mol. The number of hydrogen-bond acceptors (Lipinski definition) is 7. The van der Waals surface area contributed by atoms with Crippen LogP contribution < -0.4 is 4.90 Å². The maximum Gasteiger partial charge on any atom is 0.228 e. The second kappa shape index (κ2) is 9.13. The average Bonchev–Trinajstić information content (AvgIpc) is 3.46. The van der Waals surface area contributed by atoms with Gasteiger partial charge in [0.25, 0.3) is 0 Å². The van der Waals surface area contributed by atoms with E-state index in [1.807, 2.05) is 12.1 Å². The van der Waals surface area contributed by atoms with E-state index in [1.165, 1.54) is 24.3 Å². The lowest BCUT2D eigenvalue weighted by Crippen LogP contribution is -2.22. The molecule has 0 atom stereocenters. The van der Waals surface area contributed by atoms with Crippen molar-refractivity contribution in [3.8, 4) is 0 Å². The molecule has 1 fully saturated rings. The molecule has 8 heteroatoms. The maximum atomic E-state index is 5.58.